The highest BCUT2D eigenvalue weighted by Gasteiger charge is 2.61. The molecule has 0 aliphatic heterocycles. The Morgan fingerprint density at radius 2 is 1.92 bits per heavy atom. The first-order valence-electron chi connectivity index (χ1n) is 7.62. The van der Waals surface area contributed by atoms with E-state index in [4.69, 9.17) is 0 Å². The largest absolute Gasteiger partial charge is 0.768 e. The molecule has 0 aromatic carbocycles. The second-order valence-electron chi connectivity index (χ2n) is 6.70. The Kier molecular flexibility index (Phi) is 5.58. The van der Waals surface area contributed by atoms with Crippen LogP contribution in [-0.4, -0.2) is 38.6 Å². The minimum atomic E-state index is -5.76. The van der Waals surface area contributed by atoms with E-state index in [2.05, 4.69) is 4.74 Å². The number of alkyl halides is 5. The van der Waals surface area contributed by atoms with Crippen molar-refractivity contribution in [1.82, 2.24) is 0 Å². The monoisotopic (exact) mass is 391 g/mol. The maximum atomic E-state index is 13.4. The van der Waals surface area contributed by atoms with E-state index in [9.17, 15) is 40.3 Å². The maximum absolute atomic E-state index is 13.4. The summed E-state index contributed by atoms with van der Waals surface area (Å²) in [5, 5.41) is -5.31. The second kappa shape index (κ2) is 6.90. The Labute approximate surface area is 142 Å². The molecule has 2 rings (SSSR count). The summed E-state index contributed by atoms with van der Waals surface area (Å²) in [5.41, 5.74) is -1.46. The van der Waals surface area contributed by atoms with E-state index in [1.165, 1.54) is 0 Å². The summed E-state index contributed by atoms with van der Waals surface area (Å²) in [6, 6.07) is 0. The lowest BCUT2D eigenvalue weighted by Gasteiger charge is -2.46. The molecule has 5 unspecified atom stereocenters. The topological polar surface area (TPSA) is 83.5 Å². The van der Waals surface area contributed by atoms with Crippen LogP contribution in [-0.2, 0) is 25.4 Å². The van der Waals surface area contributed by atoms with E-state index in [-0.39, 0.29) is 25.2 Å². The summed E-state index contributed by atoms with van der Waals surface area (Å²) in [6.45, 7) is 0. The Morgan fingerprint density at radius 1 is 1.28 bits per heavy atom. The van der Waals surface area contributed by atoms with Gasteiger partial charge in [0.2, 0.25) is 0 Å². The van der Waals surface area contributed by atoms with Crippen LogP contribution >= 0.6 is 0 Å². The minimum Gasteiger partial charge on any atom is -0.768 e. The summed E-state index contributed by atoms with van der Waals surface area (Å²) in [7, 11) is 0. The van der Waals surface area contributed by atoms with Crippen molar-refractivity contribution in [3.63, 3.8) is 0 Å². The Hall–Kier alpha value is -1.10. The fourth-order valence-corrected chi connectivity index (χ4v) is 4.26. The molecule has 5 nitrogen and oxygen atoms in total. The van der Waals surface area contributed by atoms with Crippen molar-refractivity contribution in [2.45, 2.75) is 56.1 Å². The first kappa shape index (κ1) is 20.2. The SMILES string of the molecule is O=CC1CC2CCCC(C(=O)OC(C(F)(F)F)C(F)(F)S(=O)[O-])(C1)C2. The number of ether oxygens (including phenoxy) is 1. The Balaban J connectivity index is 2.28. The van der Waals surface area contributed by atoms with Crippen molar-refractivity contribution in [2.75, 3.05) is 0 Å². The maximum Gasteiger partial charge on any atom is 0.432 e. The van der Waals surface area contributed by atoms with Crippen LogP contribution < -0.4 is 0 Å². The van der Waals surface area contributed by atoms with Gasteiger partial charge in [-0.25, -0.2) is 0 Å². The summed E-state index contributed by atoms with van der Waals surface area (Å²) >= 11 is -4.43. The first-order valence-corrected chi connectivity index (χ1v) is 8.70. The standard InChI is InChI=1S/C14H17F5O5S/c15-13(16,17)10(14(18,19)25(22)23)24-11(21)12-3-1-2-8(5-12)4-9(6-12)7-20/h7-10H,1-6H2,(H,22,23)/p-1. The number of hydrogen-bond acceptors (Lipinski definition) is 5. The van der Waals surface area contributed by atoms with Gasteiger partial charge in [-0.3, -0.25) is 9.00 Å². The first-order chi connectivity index (χ1) is 11.4. The quantitative estimate of drug-likeness (QED) is 0.311. The van der Waals surface area contributed by atoms with E-state index in [0.717, 1.165) is 0 Å². The molecule has 11 heteroatoms. The number of halogens is 5. The fourth-order valence-electron chi connectivity index (χ4n) is 3.90. The Morgan fingerprint density at radius 3 is 2.44 bits per heavy atom. The van der Waals surface area contributed by atoms with Gasteiger partial charge in [-0.15, -0.1) is 0 Å². The van der Waals surface area contributed by atoms with Crippen LogP contribution in [0.2, 0.25) is 0 Å². The third-order valence-corrected chi connectivity index (χ3v) is 5.57. The smallest absolute Gasteiger partial charge is 0.432 e. The fraction of sp³-hybridized carbons (Fsp3) is 0.857. The van der Waals surface area contributed by atoms with Crippen LogP contribution in [0.4, 0.5) is 22.0 Å². The average molecular weight is 391 g/mol. The summed E-state index contributed by atoms with van der Waals surface area (Å²) in [5.74, 6) is -2.16. The van der Waals surface area contributed by atoms with Gasteiger partial charge in [0, 0.05) is 17.0 Å². The Bertz CT molecular complexity index is 566. The van der Waals surface area contributed by atoms with Gasteiger partial charge in [0.1, 0.15) is 6.29 Å². The molecule has 0 spiro atoms. The lowest BCUT2D eigenvalue weighted by molar-refractivity contribution is -0.264. The van der Waals surface area contributed by atoms with Gasteiger partial charge in [0.05, 0.1) is 5.41 Å². The normalized spacial score (nSPS) is 32.6. The molecule has 0 heterocycles. The molecule has 0 amide bonds. The van der Waals surface area contributed by atoms with E-state index < -0.39 is 45.9 Å². The van der Waals surface area contributed by atoms with Crippen molar-refractivity contribution in [2.24, 2.45) is 17.3 Å². The van der Waals surface area contributed by atoms with Gasteiger partial charge in [-0.1, -0.05) is 12.8 Å². The number of hydrogen-bond donors (Lipinski definition) is 0. The van der Waals surface area contributed by atoms with E-state index in [1.807, 2.05) is 0 Å². The average Bonchev–Trinajstić information content (AvgIpc) is 2.50. The molecule has 2 aliphatic carbocycles. The van der Waals surface area contributed by atoms with E-state index in [1.54, 1.807) is 0 Å². The molecule has 2 saturated carbocycles. The van der Waals surface area contributed by atoms with Crippen molar-refractivity contribution in [3.8, 4) is 0 Å². The van der Waals surface area contributed by atoms with Crippen molar-refractivity contribution >= 4 is 23.3 Å². The lowest BCUT2D eigenvalue weighted by atomic mass is 9.59. The van der Waals surface area contributed by atoms with Gasteiger partial charge in [0.25, 0.3) is 6.10 Å². The molecule has 0 N–H and O–H groups in total. The highest BCUT2D eigenvalue weighted by molar-refractivity contribution is 7.80. The van der Waals surface area contributed by atoms with Crippen LogP contribution in [0.5, 0.6) is 0 Å². The van der Waals surface area contributed by atoms with Crippen molar-refractivity contribution in [3.05, 3.63) is 0 Å². The number of carbonyl (C=O) groups excluding carboxylic acids is 2. The van der Waals surface area contributed by atoms with Gasteiger partial charge in [-0.2, -0.15) is 22.0 Å². The molecular formula is C14H16F5O5S-. The molecule has 0 aromatic heterocycles. The number of carbonyl (C=O) groups is 2. The van der Waals surface area contributed by atoms with Crippen LogP contribution in [0.3, 0.4) is 0 Å². The minimum absolute atomic E-state index is 0.0799. The van der Waals surface area contributed by atoms with Gasteiger partial charge in [-0.05, 0) is 31.6 Å². The zero-order valence-electron chi connectivity index (χ0n) is 12.9. The van der Waals surface area contributed by atoms with Crippen LogP contribution in [0.15, 0.2) is 0 Å². The number of rotatable bonds is 5. The van der Waals surface area contributed by atoms with Crippen molar-refractivity contribution < 1.29 is 45.0 Å². The summed E-state index contributed by atoms with van der Waals surface area (Å²) < 4.78 is 90.5. The zero-order chi connectivity index (χ0) is 19.0. The molecular weight excluding hydrogens is 375 g/mol. The molecule has 144 valence electrons. The van der Waals surface area contributed by atoms with Crippen LogP contribution in [0.1, 0.15) is 38.5 Å². The third-order valence-electron chi connectivity index (χ3n) is 4.91. The highest BCUT2D eigenvalue weighted by atomic mass is 32.2. The van der Waals surface area contributed by atoms with Crippen LogP contribution in [0.25, 0.3) is 0 Å². The number of esters is 1. The molecule has 0 saturated heterocycles. The zero-order valence-corrected chi connectivity index (χ0v) is 13.7. The third kappa shape index (κ3) is 4.02. The van der Waals surface area contributed by atoms with Gasteiger partial charge >= 0.3 is 17.4 Å². The lowest BCUT2D eigenvalue weighted by Crippen LogP contribution is -2.53. The predicted molar refractivity (Wildman–Crippen MR) is 73.0 cm³/mol. The van der Waals surface area contributed by atoms with Gasteiger partial charge < -0.3 is 14.1 Å². The molecule has 5 atom stereocenters. The number of aldehydes is 1. The highest BCUT2D eigenvalue weighted by Crippen LogP contribution is 2.52. The van der Waals surface area contributed by atoms with Gasteiger partial charge in [0.15, 0.2) is 0 Å². The molecule has 0 radical (unpaired) electrons. The van der Waals surface area contributed by atoms with E-state index >= 15 is 0 Å². The van der Waals surface area contributed by atoms with E-state index in [0.29, 0.717) is 25.5 Å². The second-order valence-corrected chi connectivity index (χ2v) is 7.72. The summed E-state index contributed by atoms with van der Waals surface area (Å²) in [6.07, 6.45) is -7.41. The van der Waals surface area contributed by atoms with Crippen LogP contribution in [0, 0.1) is 17.3 Å². The molecule has 2 fully saturated rings. The number of fused-ring (bicyclic) bond motifs is 2. The summed E-state index contributed by atoms with van der Waals surface area (Å²) in [4.78, 5) is 23.4. The van der Waals surface area contributed by atoms with Crippen molar-refractivity contribution in [1.29, 1.82) is 0 Å². The molecule has 25 heavy (non-hydrogen) atoms. The predicted octanol–water partition coefficient (Wildman–Crippen LogP) is 2.72. The molecule has 2 aliphatic rings. The molecule has 0 aromatic rings. The molecule has 2 bridgehead atoms.